The van der Waals surface area contributed by atoms with Crippen molar-refractivity contribution in [2.45, 2.75) is 53.4 Å². The van der Waals surface area contributed by atoms with Crippen molar-refractivity contribution in [3.05, 3.63) is 35.4 Å². The molecule has 0 spiro atoms. The second-order valence-corrected chi connectivity index (χ2v) is 5.17. The van der Waals surface area contributed by atoms with Gasteiger partial charge in [-0.25, -0.2) is 0 Å². The van der Waals surface area contributed by atoms with E-state index in [2.05, 4.69) is 48.5 Å². The minimum absolute atomic E-state index is 0.493. The molecular weight excluding hydrogens is 238 g/mol. The molecule has 5 nitrogen and oxygen atoms in total. The summed E-state index contributed by atoms with van der Waals surface area (Å²) in [5.74, 6) is 0. The van der Waals surface area contributed by atoms with Gasteiger partial charge < -0.3 is 5.32 Å². The van der Waals surface area contributed by atoms with E-state index in [1.807, 2.05) is 22.5 Å². The highest BCUT2D eigenvalue weighted by molar-refractivity contribution is 5.11. The highest BCUT2D eigenvalue weighted by Crippen LogP contribution is 2.07. The molecule has 0 aliphatic rings. The standard InChI is InChI=1S/C14H23N5/c1-5-19-14(6-12(4)17-19)10-18-9-13(8-16-18)7-15-11(2)3/h6,8-9,11,15H,5,7,10H2,1-4H3. The van der Waals surface area contributed by atoms with Crippen LogP contribution in [0.3, 0.4) is 0 Å². The molecule has 2 aromatic heterocycles. The molecule has 2 rings (SSSR count). The summed E-state index contributed by atoms with van der Waals surface area (Å²) in [6, 6.07) is 2.62. The van der Waals surface area contributed by atoms with Gasteiger partial charge in [-0.05, 0) is 19.9 Å². The smallest absolute Gasteiger partial charge is 0.0828 e. The van der Waals surface area contributed by atoms with Crippen LogP contribution in [0.15, 0.2) is 18.5 Å². The minimum Gasteiger partial charge on any atom is -0.310 e. The number of nitrogens with one attached hydrogen (secondary N) is 1. The summed E-state index contributed by atoms with van der Waals surface area (Å²) in [6.45, 7) is 11.0. The van der Waals surface area contributed by atoms with Crippen LogP contribution in [0, 0.1) is 6.92 Å². The molecule has 1 N–H and O–H groups in total. The van der Waals surface area contributed by atoms with Crippen LogP contribution in [-0.2, 0) is 19.6 Å². The lowest BCUT2D eigenvalue weighted by Gasteiger charge is -2.06. The minimum atomic E-state index is 0.493. The van der Waals surface area contributed by atoms with Crippen LogP contribution in [0.2, 0.25) is 0 Å². The molecule has 0 atom stereocenters. The molecule has 5 heteroatoms. The van der Waals surface area contributed by atoms with Gasteiger partial charge in [-0.15, -0.1) is 0 Å². The zero-order valence-corrected chi connectivity index (χ0v) is 12.2. The molecule has 0 bridgehead atoms. The van der Waals surface area contributed by atoms with Crippen molar-refractivity contribution < 1.29 is 0 Å². The topological polar surface area (TPSA) is 47.7 Å². The van der Waals surface area contributed by atoms with E-state index in [1.165, 1.54) is 11.3 Å². The maximum atomic E-state index is 4.45. The van der Waals surface area contributed by atoms with Crippen LogP contribution in [0.1, 0.15) is 37.7 Å². The Morgan fingerprint density at radius 1 is 1.37 bits per heavy atom. The molecule has 2 heterocycles. The lowest BCUT2D eigenvalue weighted by Crippen LogP contribution is -2.21. The molecule has 0 aromatic carbocycles. The number of hydrogen-bond donors (Lipinski definition) is 1. The highest BCUT2D eigenvalue weighted by Gasteiger charge is 2.06. The van der Waals surface area contributed by atoms with Gasteiger partial charge in [-0.1, -0.05) is 13.8 Å². The van der Waals surface area contributed by atoms with Crippen molar-refractivity contribution >= 4 is 0 Å². The second-order valence-electron chi connectivity index (χ2n) is 5.17. The zero-order chi connectivity index (χ0) is 13.8. The van der Waals surface area contributed by atoms with Gasteiger partial charge in [0.2, 0.25) is 0 Å². The first-order valence-electron chi connectivity index (χ1n) is 6.86. The van der Waals surface area contributed by atoms with Crippen molar-refractivity contribution in [2.24, 2.45) is 0 Å². The van der Waals surface area contributed by atoms with E-state index in [4.69, 9.17) is 0 Å². The van der Waals surface area contributed by atoms with Crippen LogP contribution in [0.25, 0.3) is 0 Å². The molecule has 0 aliphatic heterocycles. The fourth-order valence-corrected chi connectivity index (χ4v) is 2.07. The van der Waals surface area contributed by atoms with Crippen LogP contribution in [0.4, 0.5) is 0 Å². The average Bonchev–Trinajstić information content (AvgIpc) is 2.94. The first-order valence-corrected chi connectivity index (χ1v) is 6.86. The number of hydrogen-bond acceptors (Lipinski definition) is 3. The van der Waals surface area contributed by atoms with E-state index in [0.29, 0.717) is 6.04 Å². The Morgan fingerprint density at radius 2 is 2.16 bits per heavy atom. The maximum absolute atomic E-state index is 4.45. The third-order valence-electron chi connectivity index (χ3n) is 3.01. The summed E-state index contributed by atoms with van der Waals surface area (Å²) in [5, 5.41) is 12.3. The number of aromatic nitrogens is 4. The summed E-state index contributed by atoms with van der Waals surface area (Å²) in [7, 11) is 0. The van der Waals surface area contributed by atoms with E-state index < -0.39 is 0 Å². The summed E-state index contributed by atoms with van der Waals surface area (Å²) in [6.07, 6.45) is 4.02. The van der Waals surface area contributed by atoms with Gasteiger partial charge in [0.25, 0.3) is 0 Å². The second kappa shape index (κ2) is 6.02. The summed E-state index contributed by atoms with van der Waals surface area (Å²) in [5.41, 5.74) is 3.48. The van der Waals surface area contributed by atoms with Gasteiger partial charge in [0.05, 0.1) is 24.1 Å². The molecule has 0 radical (unpaired) electrons. The average molecular weight is 261 g/mol. The van der Waals surface area contributed by atoms with E-state index in [-0.39, 0.29) is 0 Å². The van der Waals surface area contributed by atoms with E-state index in [9.17, 15) is 0 Å². The summed E-state index contributed by atoms with van der Waals surface area (Å²) < 4.78 is 4.00. The third kappa shape index (κ3) is 3.67. The van der Waals surface area contributed by atoms with Crippen molar-refractivity contribution in [2.75, 3.05) is 0 Å². The summed E-state index contributed by atoms with van der Waals surface area (Å²) in [4.78, 5) is 0. The first-order chi connectivity index (χ1) is 9.08. The zero-order valence-electron chi connectivity index (χ0n) is 12.2. The van der Waals surface area contributed by atoms with Gasteiger partial charge in [-0.2, -0.15) is 10.2 Å². The first kappa shape index (κ1) is 13.8. The van der Waals surface area contributed by atoms with Crippen LogP contribution < -0.4 is 5.32 Å². The number of aryl methyl sites for hydroxylation is 2. The molecular formula is C14H23N5. The molecule has 0 aliphatic carbocycles. The van der Waals surface area contributed by atoms with Gasteiger partial charge in [0.1, 0.15) is 0 Å². The maximum Gasteiger partial charge on any atom is 0.0828 e. The number of nitrogens with zero attached hydrogens (tertiary/aromatic N) is 4. The Morgan fingerprint density at radius 3 is 2.84 bits per heavy atom. The van der Waals surface area contributed by atoms with Gasteiger partial charge >= 0.3 is 0 Å². The fourth-order valence-electron chi connectivity index (χ4n) is 2.07. The SMILES string of the molecule is CCn1nc(C)cc1Cn1cc(CNC(C)C)cn1. The van der Waals surface area contributed by atoms with E-state index >= 15 is 0 Å². The van der Waals surface area contributed by atoms with Gasteiger partial charge in [-0.3, -0.25) is 9.36 Å². The van der Waals surface area contributed by atoms with E-state index in [1.54, 1.807) is 0 Å². The molecule has 19 heavy (non-hydrogen) atoms. The number of rotatable bonds is 6. The molecule has 0 saturated carbocycles. The van der Waals surface area contributed by atoms with Crippen molar-refractivity contribution in [1.82, 2.24) is 24.9 Å². The molecule has 2 aromatic rings. The Balaban J connectivity index is 2.03. The molecule has 0 amide bonds. The van der Waals surface area contributed by atoms with E-state index in [0.717, 1.165) is 25.3 Å². The Bertz CT molecular complexity index is 524. The monoisotopic (exact) mass is 261 g/mol. The lowest BCUT2D eigenvalue weighted by molar-refractivity contribution is 0.572. The van der Waals surface area contributed by atoms with Crippen LogP contribution in [0.5, 0.6) is 0 Å². The third-order valence-corrected chi connectivity index (χ3v) is 3.01. The Hall–Kier alpha value is -1.62. The van der Waals surface area contributed by atoms with Crippen molar-refractivity contribution in [1.29, 1.82) is 0 Å². The van der Waals surface area contributed by atoms with Crippen LogP contribution in [-0.4, -0.2) is 25.6 Å². The van der Waals surface area contributed by atoms with Gasteiger partial charge in [0.15, 0.2) is 0 Å². The quantitative estimate of drug-likeness (QED) is 0.864. The van der Waals surface area contributed by atoms with Crippen molar-refractivity contribution in [3.8, 4) is 0 Å². The van der Waals surface area contributed by atoms with Crippen LogP contribution >= 0.6 is 0 Å². The Kier molecular flexibility index (Phi) is 4.37. The van der Waals surface area contributed by atoms with Gasteiger partial charge in [0, 0.05) is 30.9 Å². The molecule has 0 unspecified atom stereocenters. The Labute approximate surface area is 114 Å². The largest absolute Gasteiger partial charge is 0.310 e. The predicted molar refractivity (Wildman–Crippen MR) is 75.9 cm³/mol. The summed E-state index contributed by atoms with van der Waals surface area (Å²) >= 11 is 0. The highest BCUT2D eigenvalue weighted by atomic mass is 15.3. The van der Waals surface area contributed by atoms with Crippen molar-refractivity contribution in [3.63, 3.8) is 0 Å². The molecule has 0 saturated heterocycles. The lowest BCUT2D eigenvalue weighted by atomic mass is 10.3. The fraction of sp³-hybridized carbons (Fsp3) is 0.571. The predicted octanol–water partition coefficient (Wildman–Crippen LogP) is 1.95. The molecule has 0 fully saturated rings. The molecule has 104 valence electrons. The normalized spacial score (nSPS) is 11.4.